The number of hydrogen-bond acceptors (Lipinski definition) is 7. The van der Waals surface area contributed by atoms with Gasteiger partial charge in [-0.2, -0.15) is 0 Å². The number of carbonyl (C=O) groups excluding carboxylic acids is 5. The molecule has 0 aromatic heterocycles. The lowest BCUT2D eigenvalue weighted by molar-refractivity contribution is 0.0525. The highest BCUT2D eigenvalue weighted by Crippen LogP contribution is 2.13. The molecule has 0 saturated heterocycles. The van der Waals surface area contributed by atoms with Crippen molar-refractivity contribution in [2.75, 3.05) is 6.61 Å². The molecule has 0 heterocycles. The Kier molecular flexibility index (Phi) is 12.6. The summed E-state index contributed by atoms with van der Waals surface area (Å²) in [5, 5.41) is 8.79. The Labute approximate surface area is 255 Å². The summed E-state index contributed by atoms with van der Waals surface area (Å²) in [4.78, 5) is 70.2. The first-order chi connectivity index (χ1) is 21.2. The Balaban J connectivity index is 0.000000241. The van der Waals surface area contributed by atoms with Crippen LogP contribution >= 0.6 is 0 Å². The first-order valence-electron chi connectivity index (χ1n) is 14.0. The van der Waals surface area contributed by atoms with Gasteiger partial charge in [0.05, 0.1) is 17.7 Å². The predicted molar refractivity (Wildman–Crippen MR) is 164 cm³/mol. The van der Waals surface area contributed by atoms with Gasteiger partial charge in [-0.15, -0.1) is 0 Å². The number of Topliss-reactive ketones (excluding diaryl/α,β-unsaturated/α-hetero) is 4. The van der Waals surface area contributed by atoms with Crippen LogP contribution in [0.3, 0.4) is 0 Å². The van der Waals surface area contributed by atoms with Gasteiger partial charge in [0.1, 0.15) is 0 Å². The summed E-state index contributed by atoms with van der Waals surface area (Å²) in [7, 11) is 0. The van der Waals surface area contributed by atoms with Gasteiger partial charge < -0.3 is 9.84 Å². The minimum absolute atomic E-state index is 0.0536. The second-order valence-corrected chi connectivity index (χ2v) is 9.61. The third-order valence-corrected chi connectivity index (χ3v) is 6.52. The zero-order chi connectivity index (χ0) is 31.9. The quantitative estimate of drug-likeness (QED) is 0.130. The van der Waals surface area contributed by atoms with Crippen molar-refractivity contribution >= 4 is 35.1 Å². The number of ether oxygens (including phenoxy) is 1. The van der Waals surface area contributed by atoms with Crippen LogP contribution in [0.4, 0.5) is 0 Å². The molecule has 0 aliphatic carbocycles. The van der Waals surface area contributed by atoms with Crippen LogP contribution in [-0.4, -0.2) is 46.8 Å². The zero-order valence-corrected chi connectivity index (χ0v) is 24.2. The topological polar surface area (TPSA) is 132 Å². The maximum atomic E-state index is 12.1. The third-order valence-electron chi connectivity index (χ3n) is 6.52. The Morgan fingerprint density at radius 3 is 1.07 bits per heavy atom. The van der Waals surface area contributed by atoms with Crippen LogP contribution in [0.25, 0.3) is 0 Å². The normalized spacial score (nSPS) is 10.1. The van der Waals surface area contributed by atoms with Gasteiger partial charge in [-0.25, -0.2) is 9.59 Å². The van der Waals surface area contributed by atoms with E-state index in [2.05, 4.69) is 0 Å². The lowest BCUT2D eigenvalue weighted by atomic mass is 10.0. The molecule has 224 valence electrons. The standard InChI is InChI=1S/C19H18O4.C17H14O4/c1-2-23-19(22)16-10-8-15(9-11-16)18(21)13-12-17(20)14-6-4-3-5-7-14;18-15(12-4-2-1-3-5-12)10-11-16(19)13-6-8-14(9-7-13)17(20)21/h3-11H,2,12-13H2,1H3;1-9H,10-11H2,(H,20,21). The predicted octanol–water partition coefficient (Wildman–Crippen LogP) is 6.94. The van der Waals surface area contributed by atoms with Crippen molar-refractivity contribution in [2.24, 2.45) is 0 Å². The molecule has 4 aromatic carbocycles. The molecular weight excluding hydrogens is 560 g/mol. The first kappa shape index (κ1) is 33.0. The van der Waals surface area contributed by atoms with Crippen molar-refractivity contribution in [3.8, 4) is 0 Å². The molecule has 0 spiro atoms. The third kappa shape index (κ3) is 10.1. The Morgan fingerprint density at radius 1 is 0.455 bits per heavy atom. The van der Waals surface area contributed by atoms with Gasteiger partial charge in [-0.05, 0) is 31.2 Å². The molecule has 44 heavy (non-hydrogen) atoms. The number of rotatable bonds is 13. The molecule has 0 amide bonds. The number of carbonyl (C=O) groups is 6. The fourth-order valence-electron chi connectivity index (χ4n) is 4.08. The van der Waals surface area contributed by atoms with E-state index in [-0.39, 0.29) is 54.4 Å². The molecule has 8 heteroatoms. The number of ketones is 4. The highest BCUT2D eigenvalue weighted by atomic mass is 16.5. The van der Waals surface area contributed by atoms with Gasteiger partial charge in [-0.1, -0.05) is 84.9 Å². The maximum Gasteiger partial charge on any atom is 0.338 e. The summed E-state index contributed by atoms with van der Waals surface area (Å²) in [5.41, 5.74) is 2.64. The molecule has 1 N–H and O–H groups in total. The number of aromatic carboxylic acids is 1. The zero-order valence-electron chi connectivity index (χ0n) is 24.2. The molecule has 8 nitrogen and oxygen atoms in total. The van der Waals surface area contributed by atoms with Gasteiger partial charge in [0.2, 0.25) is 0 Å². The monoisotopic (exact) mass is 592 g/mol. The van der Waals surface area contributed by atoms with E-state index in [0.29, 0.717) is 34.4 Å². The minimum atomic E-state index is -1.03. The van der Waals surface area contributed by atoms with E-state index in [1.165, 1.54) is 24.3 Å². The Hall–Kier alpha value is -5.50. The van der Waals surface area contributed by atoms with Crippen molar-refractivity contribution in [1.29, 1.82) is 0 Å². The van der Waals surface area contributed by atoms with E-state index >= 15 is 0 Å². The average molecular weight is 593 g/mol. The summed E-state index contributed by atoms with van der Waals surface area (Å²) in [5.74, 6) is -1.87. The van der Waals surface area contributed by atoms with Crippen LogP contribution in [0.5, 0.6) is 0 Å². The summed E-state index contributed by atoms with van der Waals surface area (Å²) >= 11 is 0. The van der Waals surface area contributed by atoms with E-state index < -0.39 is 11.9 Å². The van der Waals surface area contributed by atoms with Crippen LogP contribution in [-0.2, 0) is 4.74 Å². The van der Waals surface area contributed by atoms with Crippen molar-refractivity contribution in [1.82, 2.24) is 0 Å². The van der Waals surface area contributed by atoms with Crippen molar-refractivity contribution in [3.05, 3.63) is 143 Å². The largest absolute Gasteiger partial charge is 0.478 e. The first-order valence-corrected chi connectivity index (χ1v) is 14.0. The number of esters is 1. The molecule has 0 fully saturated rings. The summed E-state index contributed by atoms with van der Waals surface area (Å²) in [6.07, 6.45) is 0.568. The summed E-state index contributed by atoms with van der Waals surface area (Å²) in [6.45, 7) is 2.04. The fourth-order valence-corrected chi connectivity index (χ4v) is 4.08. The molecular formula is C36H32O8. The van der Waals surface area contributed by atoms with Gasteiger partial charge >= 0.3 is 11.9 Å². The Bertz CT molecular complexity index is 1590. The van der Waals surface area contributed by atoms with Crippen LogP contribution < -0.4 is 0 Å². The summed E-state index contributed by atoms with van der Waals surface area (Å²) in [6, 6.07) is 29.7. The van der Waals surface area contributed by atoms with Crippen molar-refractivity contribution in [3.63, 3.8) is 0 Å². The molecule has 4 rings (SSSR count). The van der Waals surface area contributed by atoms with E-state index in [1.807, 2.05) is 12.1 Å². The van der Waals surface area contributed by atoms with E-state index in [1.54, 1.807) is 79.7 Å². The molecule has 0 saturated carbocycles. The van der Waals surface area contributed by atoms with E-state index in [9.17, 15) is 28.8 Å². The minimum Gasteiger partial charge on any atom is -0.478 e. The molecule has 4 aromatic rings. The molecule has 0 radical (unpaired) electrons. The van der Waals surface area contributed by atoms with Gasteiger partial charge in [-0.3, -0.25) is 19.2 Å². The molecule has 0 aliphatic rings. The van der Waals surface area contributed by atoms with Crippen LogP contribution in [0, 0.1) is 0 Å². The van der Waals surface area contributed by atoms with Gasteiger partial charge in [0.15, 0.2) is 23.1 Å². The SMILES string of the molecule is CCOC(=O)c1ccc(C(=O)CCC(=O)c2ccccc2)cc1.O=C(O)c1ccc(C(=O)CCC(=O)c2ccccc2)cc1. The number of hydrogen-bond donors (Lipinski definition) is 1. The average Bonchev–Trinajstić information content (AvgIpc) is 3.07. The smallest absolute Gasteiger partial charge is 0.338 e. The molecule has 0 atom stereocenters. The Morgan fingerprint density at radius 2 is 0.750 bits per heavy atom. The summed E-state index contributed by atoms with van der Waals surface area (Å²) < 4.78 is 4.89. The maximum absolute atomic E-state index is 12.1. The van der Waals surface area contributed by atoms with E-state index in [0.717, 1.165) is 0 Å². The molecule has 0 unspecified atom stereocenters. The van der Waals surface area contributed by atoms with Crippen LogP contribution in [0.1, 0.15) is 94.8 Å². The van der Waals surface area contributed by atoms with Gasteiger partial charge in [0.25, 0.3) is 0 Å². The highest BCUT2D eigenvalue weighted by Gasteiger charge is 2.13. The highest BCUT2D eigenvalue weighted by molar-refractivity contribution is 6.03. The van der Waals surface area contributed by atoms with Crippen molar-refractivity contribution < 1.29 is 38.6 Å². The lowest BCUT2D eigenvalue weighted by Gasteiger charge is -2.04. The lowest BCUT2D eigenvalue weighted by Crippen LogP contribution is -2.07. The molecule has 0 aliphatic heterocycles. The van der Waals surface area contributed by atoms with Crippen LogP contribution in [0.2, 0.25) is 0 Å². The van der Waals surface area contributed by atoms with Gasteiger partial charge in [0, 0.05) is 47.9 Å². The van der Waals surface area contributed by atoms with E-state index in [4.69, 9.17) is 9.84 Å². The number of carboxylic acid groups (broad SMARTS) is 1. The second kappa shape index (κ2) is 16.8. The van der Waals surface area contributed by atoms with Crippen molar-refractivity contribution in [2.45, 2.75) is 32.6 Å². The van der Waals surface area contributed by atoms with Crippen LogP contribution in [0.15, 0.2) is 109 Å². The number of carboxylic acids is 1. The number of benzene rings is 4. The molecule has 0 bridgehead atoms. The fraction of sp³-hybridized carbons (Fsp3) is 0.167. The second-order valence-electron chi connectivity index (χ2n) is 9.61.